The predicted octanol–water partition coefficient (Wildman–Crippen LogP) is 24.7. The number of para-hydroxylation sites is 2. The summed E-state index contributed by atoms with van der Waals surface area (Å²) in [5.74, 6) is -1.36. The van der Waals surface area contributed by atoms with Crippen molar-refractivity contribution >= 4 is 68.2 Å². The van der Waals surface area contributed by atoms with E-state index in [0.29, 0.717) is 79.1 Å². The highest BCUT2D eigenvalue weighted by molar-refractivity contribution is 6.14. The van der Waals surface area contributed by atoms with Crippen molar-refractivity contribution in [1.29, 1.82) is 0 Å². The zero-order chi connectivity index (χ0) is 66.9. The number of anilines is 6. The standard InChI is InChI=1S/C90H58F4N2O3/c1-3-57-29-41-67(42-30-57)97-69-45-33-61(34-46-69)89(59-17-7-5-8-18-59)77-25-13-11-21-71(77)73-49-37-63(53-79(73)89)95(65-39-51-81(91)83(93)55-65)85-27-15-23-75-76-24-16-28-86(88(76)99-87(75)85)96(66-40-52-82(92)84(94)56-66)64-38-50-74-72-22-12-14-26-78(72)90(80(74)54-64,60-19-9-6-10-20-60)62-35-47-70(48-36-62)98-68-43-31-58(4-2)32-44-68/h3-56H,1-2H2. The van der Waals surface area contributed by atoms with Crippen LogP contribution in [-0.4, -0.2) is 0 Å². The van der Waals surface area contributed by atoms with Crippen LogP contribution in [0.1, 0.15) is 55.6 Å². The molecule has 0 saturated carbocycles. The summed E-state index contributed by atoms with van der Waals surface area (Å²) in [5, 5.41) is 1.42. The fourth-order valence-corrected chi connectivity index (χ4v) is 15.2. The van der Waals surface area contributed by atoms with Crippen molar-refractivity contribution in [3.05, 3.63) is 408 Å². The van der Waals surface area contributed by atoms with Crippen molar-refractivity contribution < 1.29 is 31.5 Å². The Balaban J connectivity index is 0.842. The van der Waals surface area contributed by atoms with Gasteiger partial charge in [0, 0.05) is 45.7 Å². The normalized spacial score (nSPS) is 14.8. The molecule has 0 fully saturated rings. The predicted molar refractivity (Wildman–Crippen MR) is 391 cm³/mol. The number of halogens is 4. The lowest BCUT2D eigenvalue weighted by Crippen LogP contribution is -2.28. The van der Waals surface area contributed by atoms with E-state index in [1.807, 2.05) is 180 Å². The molecule has 0 radical (unpaired) electrons. The lowest BCUT2D eigenvalue weighted by molar-refractivity contribution is 0.482. The Kier molecular flexibility index (Phi) is 14.6. The van der Waals surface area contributed by atoms with Crippen molar-refractivity contribution in [2.24, 2.45) is 0 Å². The van der Waals surface area contributed by atoms with Crippen molar-refractivity contribution in [1.82, 2.24) is 0 Å². The molecule has 2 atom stereocenters. The fraction of sp³-hybridized carbons (Fsp3) is 0.0222. The monoisotopic (exact) mass is 1290 g/mol. The smallest absolute Gasteiger partial charge is 0.160 e. The van der Waals surface area contributed by atoms with Gasteiger partial charge in [0.1, 0.15) is 23.0 Å². The van der Waals surface area contributed by atoms with Crippen LogP contribution in [0.5, 0.6) is 23.0 Å². The molecule has 474 valence electrons. The van der Waals surface area contributed by atoms with E-state index in [1.54, 1.807) is 24.3 Å². The Morgan fingerprint density at radius 1 is 0.293 bits per heavy atom. The molecule has 99 heavy (non-hydrogen) atoms. The van der Waals surface area contributed by atoms with Crippen LogP contribution >= 0.6 is 0 Å². The molecule has 0 N–H and O–H groups in total. The lowest BCUT2D eigenvalue weighted by atomic mass is 9.67. The van der Waals surface area contributed by atoms with Gasteiger partial charge in [-0.05, 0) is 187 Å². The molecule has 17 rings (SSSR count). The second kappa shape index (κ2) is 24.2. The lowest BCUT2D eigenvalue weighted by Gasteiger charge is -2.35. The number of fused-ring (bicyclic) bond motifs is 9. The van der Waals surface area contributed by atoms with E-state index in [-0.39, 0.29) is 0 Å². The SMILES string of the molecule is C=Cc1ccc(Oc2ccc(C3(c4ccccc4)c4ccccc4-c4ccc(N(c5ccc(F)c(F)c5)c5cccc6c5oc5c(N(c7ccc(F)c(F)c7)c7ccc8c(c7)C(c7ccccc7)(c7ccc(Oc9ccc(C=C)cc9)cc7)c7ccccc7-8)cccc56)cc43)cc2)cc1. The van der Waals surface area contributed by atoms with Gasteiger partial charge in [0.25, 0.3) is 0 Å². The van der Waals surface area contributed by atoms with Crippen LogP contribution in [0.2, 0.25) is 0 Å². The molecule has 0 spiro atoms. The third-order valence-electron chi connectivity index (χ3n) is 19.6. The van der Waals surface area contributed by atoms with E-state index in [0.717, 1.165) is 90.0 Å². The van der Waals surface area contributed by atoms with E-state index < -0.39 is 34.1 Å². The molecule has 5 nitrogen and oxygen atoms in total. The van der Waals surface area contributed by atoms with Gasteiger partial charge >= 0.3 is 0 Å². The quantitative estimate of drug-likeness (QED) is 0.0902. The summed E-state index contributed by atoms with van der Waals surface area (Å²) in [4.78, 5) is 3.82. The number of benzene rings is 14. The number of furan rings is 1. The first-order valence-electron chi connectivity index (χ1n) is 32.7. The Bertz CT molecular complexity index is 5310. The summed E-state index contributed by atoms with van der Waals surface area (Å²) in [6.45, 7) is 7.79. The molecule has 0 saturated heterocycles. The van der Waals surface area contributed by atoms with Gasteiger partial charge in [0.05, 0.1) is 22.2 Å². The molecule has 14 aromatic carbocycles. The van der Waals surface area contributed by atoms with Gasteiger partial charge in [-0.3, -0.25) is 0 Å². The van der Waals surface area contributed by atoms with Crippen LogP contribution in [0.15, 0.2) is 333 Å². The van der Waals surface area contributed by atoms with Crippen LogP contribution in [0.3, 0.4) is 0 Å². The van der Waals surface area contributed by atoms with E-state index in [4.69, 9.17) is 13.9 Å². The average molecular weight is 1290 g/mol. The van der Waals surface area contributed by atoms with Gasteiger partial charge in [-0.2, -0.15) is 0 Å². The number of hydrogen-bond acceptors (Lipinski definition) is 5. The van der Waals surface area contributed by atoms with E-state index >= 15 is 17.6 Å². The Labute approximate surface area is 569 Å². The van der Waals surface area contributed by atoms with E-state index in [2.05, 4.69) is 122 Å². The average Bonchev–Trinajstić information content (AvgIpc) is 1.55. The van der Waals surface area contributed by atoms with Crippen LogP contribution in [0, 0.1) is 23.3 Å². The highest BCUT2D eigenvalue weighted by Crippen LogP contribution is 2.60. The molecule has 0 bridgehead atoms. The van der Waals surface area contributed by atoms with Crippen molar-refractivity contribution in [2.45, 2.75) is 10.8 Å². The first-order valence-corrected chi connectivity index (χ1v) is 32.7. The van der Waals surface area contributed by atoms with Gasteiger partial charge < -0.3 is 23.7 Å². The third-order valence-corrected chi connectivity index (χ3v) is 19.6. The van der Waals surface area contributed by atoms with E-state index in [1.165, 1.54) is 12.1 Å². The summed E-state index contributed by atoms with van der Waals surface area (Å²) in [6, 6.07) is 102. The zero-order valence-electron chi connectivity index (χ0n) is 53.2. The molecule has 0 aliphatic heterocycles. The highest BCUT2D eigenvalue weighted by Gasteiger charge is 2.48. The van der Waals surface area contributed by atoms with Gasteiger partial charge in [-0.15, -0.1) is 0 Å². The summed E-state index contributed by atoms with van der Waals surface area (Å²) in [5.41, 5.74) is 16.2. The van der Waals surface area contributed by atoms with Crippen LogP contribution in [0.25, 0.3) is 56.3 Å². The van der Waals surface area contributed by atoms with Gasteiger partial charge in [-0.25, -0.2) is 17.6 Å². The van der Waals surface area contributed by atoms with Gasteiger partial charge in [0.2, 0.25) is 0 Å². The van der Waals surface area contributed by atoms with Gasteiger partial charge in [-0.1, -0.05) is 219 Å². The molecule has 2 aliphatic carbocycles. The first kappa shape index (κ1) is 60.0. The summed E-state index contributed by atoms with van der Waals surface area (Å²) >= 11 is 0. The molecule has 1 aromatic heterocycles. The third kappa shape index (κ3) is 9.83. The molecule has 1 heterocycles. The molecular weight excluding hydrogens is 1230 g/mol. The Morgan fingerprint density at radius 3 is 1.01 bits per heavy atom. The summed E-state index contributed by atoms with van der Waals surface area (Å²) in [6.07, 6.45) is 3.59. The highest BCUT2D eigenvalue weighted by atomic mass is 19.2. The maximum atomic E-state index is 16.1. The fourth-order valence-electron chi connectivity index (χ4n) is 15.2. The number of ether oxygens (including phenoxy) is 2. The minimum Gasteiger partial charge on any atom is -0.457 e. The summed E-state index contributed by atoms with van der Waals surface area (Å²) < 4.78 is 83.3. The maximum absolute atomic E-state index is 16.1. The summed E-state index contributed by atoms with van der Waals surface area (Å²) in [7, 11) is 0. The van der Waals surface area contributed by atoms with Crippen molar-refractivity contribution in [3.63, 3.8) is 0 Å². The first-order chi connectivity index (χ1) is 48.6. The number of rotatable bonds is 16. The van der Waals surface area contributed by atoms with Crippen LogP contribution < -0.4 is 19.3 Å². The minimum absolute atomic E-state index is 0.329. The van der Waals surface area contributed by atoms with Crippen LogP contribution in [-0.2, 0) is 10.8 Å². The molecular formula is C90H58F4N2O3. The van der Waals surface area contributed by atoms with Crippen LogP contribution in [0.4, 0.5) is 51.7 Å². The largest absolute Gasteiger partial charge is 0.457 e. The van der Waals surface area contributed by atoms with Crippen molar-refractivity contribution in [2.75, 3.05) is 9.80 Å². The second-order valence-electron chi connectivity index (χ2n) is 24.9. The second-order valence-corrected chi connectivity index (χ2v) is 24.9. The van der Waals surface area contributed by atoms with E-state index in [9.17, 15) is 0 Å². The molecule has 2 unspecified atom stereocenters. The maximum Gasteiger partial charge on any atom is 0.160 e. The molecule has 9 heteroatoms. The Morgan fingerprint density at radius 2 is 0.626 bits per heavy atom. The molecule has 0 amide bonds. The topological polar surface area (TPSA) is 38.1 Å². The van der Waals surface area contributed by atoms with Crippen molar-refractivity contribution in [3.8, 4) is 45.3 Å². The molecule has 2 aliphatic rings. The molecule has 15 aromatic rings. The number of nitrogens with zero attached hydrogens (tertiary/aromatic N) is 2. The zero-order valence-corrected chi connectivity index (χ0v) is 53.2. The minimum atomic E-state index is -1.03. The Hall–Kier alpha value is -12.7. The van der Waals surface area contributed by atoms with Gasteiger partial charge in [0.15, 0.2) is 34.4 Å². The number of hydrogen-bond donors (Lipinski definition) is 0.